The Kier molecular flexibility index (Phi) is 5.68. The van der Waals surface area contributed by atoms with Gasteiger partial charge in [0, 0.05) is 61.0 Å². The maximum atomic E-state index is 12.8. The predicted octanol–water partition coefficient (Wildman–Crippen LogP) is 4.59. The second kappa shape index (κ2) is 8.92. The number of amides is 1. The van der Waals surface area contributed by atoms with Crippen molar-refractivity contribution in [2.75, 3.05) is 18.4 Å². The second-order valence-electron chi connectivity index (χ2n) is 7.92. The van der Waals surface area contributed by atoms with Crippen LogP contribution in [0.1, 0.15) is 30.1 Å². The molecule has 0 radical (unpaired) electrons. The molecule has 8 heteroatoms. The van der Waals surface area contributed by atoms with Gasteiger partial charge in [0.2, 0.25) is 5.91 Å². The Balaban J connectivity index is 1.39. The maximum absolute atomic E-state index is 12.8. The van der Waals surface area contributed by atoms with E-state index in [4.69, 9.17) is 4.98 Å². The molecule has 1 unspecified atom stereocenters. The fourth-order valence-corrected chi connectivity index (χ4v) is 4.67. The summed E-state index contributed by atoms with van der Waals surface area (Å²) in [6.45, 7) is 1.43. The first-order valence-electron chi connectivity index (χ1n) is 10.7. The van der Waals surface area contributed by atoms with E-state index >= 15 is 0 Å². The van der Waals surface area contributed by atoms with Gasteiger partial charge in [0.1, 0.15) is 5.82 Å². The highest BCUT2D eigenvalue weighted by Gasteiger charge is 2.25. The third-order valence-electron chi connectivity index (χ3n) is 5.82. The van der Waals surface area contributed by atoms with E-state index in [1.807, 2.05) is 41.6 Å². The number of fused-ring (bicyclic) bond motifs is 1. The van der Waals surface area contributed by atoms with Gasteiger partial charge >= 0.3 is 0 Å². The zero-order chi connectivity index (χ0) is 21.9. The van der Waals surface area contributed by atoms with E-state index in [2.05, 4.69) is 33.6 Å². The van der Waals surface area contributed by atoms with Crippen molar-refractivity contribution in [1.82, 2.24) is 24.6 Å². The molecule has 3 aromatic heterocycles. The quantitative estimate of drug-likeness (QED) is 0.456. The smallest absolute Gasteiger partial charge is 0.246 e. The van der Waals surface area contributed by atoms with Crippen LogP contribution < -0.4 is 5.32 Å². The van der Waals surface area contributed by atoms with Crippen LogP contribution in [0.3, 0.4) is 0 Å². The van der Waals surface area contributed by atoms with Crippen molar-refractivity contribution in [3.63, 3.8) is 0 Å². The first-order valence-corrected chi connectivity index (χ1v) is 11.6. The van der Waals surface area contributed by atoms with Crippen molar-refractivity contribution >= 4 is 45.0 Å². The molecule has 0 bridgehead atoms. The van der Waals surface area contributed by atoms with Crippen molar-refractivity contribution in [3.05, 3.63) is 71.6 Å². The number of pyridine rings is 1. The van der Waals surface area contributed by atoms with Crippen molar-refractivity contribution in [2.45, 2.75) is 18.8 Å². The fraction of sp³-hybridized carbons (Fsp3) is 0.250. The molecule has 1 aliphatic rings. The van der Waals surface area contributed by atoms with Crippen LogP contribution in [-0.4, -0.2) is 43.6 Å². The van der Waals surface area contributed by atoms with Crippen LogP contribution in [0.2, 0.25) is 0 Å². The standard InChI is InChI=1S/C24H24N6OS/c1-29-19(10-11-26-29)8-9-22(31)30-13-4-6-18(16-30)21-15-17-5-2-3-7-20(17)23(27-21)28-24-25-12-14-32-24/h2-3,5,7-12,14-15,18H,4,6,13,16H2,1H3,(H,25,27,28)/b9-8+. The number of aromatic nitrogens is 4. The predicted molar refractivity (Wildman–Crippen MR) is 128 cm³/mol. The van der Waals surface area contributed by atoms with E-state index < -0.39 is 0 Å². The number of likely N-dealkylation sites (tertiary alicyclic amines) is 1. The Morgan fingerprint density at radius 3 is 2.97 bits per heavy atom. The highest BCUT2D eigenvalue weighted by molar-refractivity contribution is 7.13. The largest absolute Gasteiger partial charge is 0.338 e. The van der Waals surface area contributed by atoms with Gasteiger partial charge in [-0.25, -0.2) is 9.97 Å². The minimum absolute atomic E-state index is 0.0258. The minimum Gasteiger partial charge on any atom is -0.338 e. The number of thiazole rings is 1. The van der Waals surface area contributed by atoms with Crippen LogP contribution in [0.25, 0.3) is 16.8 Å². The SMILES string of the molecule is Cn1nccc1/C=C/C(=O)N1CCCC(c2cc3ccccc3c(Nc3nccs3)n2)C1. The molecule has 5 rings (SSSR count). The number of benzene rings is 1. The van der Waals surface area contributed by atoms with Gasteiger partial charge < -0.3 is 10.2 Å². The molecule has 1 atom stereocenters. The molecule has 0 aliphatic carbocycles. The number of piperidine rings is 1. The molecule has 4 aromatic rings. The summed E-state index contributed by atoms with van der Waals surface area (Å²) in [5, 5.41) is 12.5. The van der Waals surface area contributed by atoms with E-state index in [1.165, 1.54) is 0 Å². The van der Waals surface area contributed by atoms with Crippen molar-refractivity contribution in [1.29, 1.82) is 0 Å². The minimum atomic E-state index is 0.0258. The lowest BCUT2D eigenvalue weighted by Crippen LogP contribution is -2.38. The molecule has 7 nitrogen and oxygen atoms in total. The summed E-state index contributed by atoms with van der Waals surface area (Å²) in [5.41, 5.74) is 1.91. The van der Waals surface area contributed by atoms with Crippen LogP contribution in [-0.2, 0) is 11.8 Å². The van der Waals surface area contributed by atoms with Crippen molar-refractivity contribution in [2.24, 2.45) is 7.05 Å². The van der Waals surface area contributed by atoms with Gasteiger partial charge in [0.15, 0.2) is 5.13 Å². The summed E-state index contributed by atoms with van der Waals surface area (Å²) in [4.78, 5) is 24.1. The van der Waals surface area contributed by atoms with Crippen LogP contribution in [0.4, 0.5) is 10.9 Å². The third-order valence-corrected chi connectivity index (χ3v) is 6.51. The van der Waals surface area contributed by atoms with Crippen molar-refractivity contribution < 1.29 is 4.79 Å². The molecule has 1 amide bonds. The summed E-state index contributed by atoms with van der Waals surface area (Å²) in [6, 6.07) is 12.3. The lowest BCUT2D eigenvalue weighted by atomic mass is 9.93. The summed E-state index contributed by atoms with van der Waals surface area (Å²) in [7, 11) is 1.86. The Labute approximate surface area is 190 Å². The molecule has 1 fully saturated rings. The number of nitrogens with zero attached hydrogens (tertiary/aromatic N) is 5. The molecule has 0 saturated carbocycles. The van der Waals surface area contributed by atoms with Crippen LogP contribution in [0.5, 0.6) is 0 Å². The number of carbonyl (C=O) groups is 1. The number of nitrogens with one attached hydrogen (secondary N) is 1. The van der Waals surface area contributed by atoms with E-state index in [1.54, 1.807) is 34.5 Å². The number of carbonyl (C=O) groups excluding carboxylic acids is 1. The molecule has 1 N–H and O–H groups in total. The molecular weight excluding hydrogens is 420 g/mol. The molecule has 32 heavy (non-hydrogen) atoms. The Hall–Kier alpha value is -3.52. The maximum Gasteiger partial charge on any atom is 0.246 e. The summed E-state index contributed by atoms with van der Waals surface area (Å²) in [5.74, 6) is 1.03. The molecular formula is C24H24N6OS. The number of anilines is 2. The topological polar surface area (TPSA) is 75.9 Å². The third kappa shape index (κ3) is 4.27. The highest BCUT2D eigenvalue weighted by atomic mass is 32.1. The van der Waals surface area contributed by atoms with E-state index in [0.29, 0.717) is 6.54 Å². The van der Waals surface area contributed by atoms with E-state index in [-0.39, 0.29) is 11.8 Å². The van der Waals surface area contributed by atoms with Gasteiger partial charge in [-0.2, -0.15) is 5.10 Å². The highest BCUT2D eigenvalue weighted by Crippen LogP contribution is 2.32. The van der Waals surface area contributed by atoms with Crippen LogP contribution in [0.15, 0.2) is 60.2 Å². The molecule has 1 saturated heterocycles. The fourth-order valence-electron chi connectivity index (χ4n) is 4.14. The monoisotopic (exact) mass is 444 g/mol. The first-order chi connectivity index (χ1) is 15.7. The van der Waals surface area contributed by atoms with E-state index in [9.17, 15) is 4.79 Å². The van der Waals surface area contributed by atoms with Gasteiger partial charge in [0.25, 0.3) is 0 Å². The molecule has 162 valence electrons. The van der Waals surface area contributed by atoms with Gasteiger partial charge in [-0.15, -0.1) is 11.3 Å². The molecule has 0 spiro atoms. The lowest BCUT2D eigenvalue weighted by Gasteiger charge is -2.32. The van der Waals surface area contributed by atoms with Gasteiger partial charge in [-0.3, -0.25) is 9.48 Å². The van der Waals surface area contributed by atoms with Gasteiger partial charge in [-0.05, 0) is 36.4 Å². The first kappa shape index (κ1) is 20.4. The normalized spacial score (nSPS) is 16.7. The summed E-state index contributed by atoms with van der Waals surface area (Å²) in [6.07, 6.45) is 8.94. The molecule has 1 aromatic carbocycles. The molecule has 1 aliphatic heterocycles. The van der Waals surface area contributed by atoms with Crippen molar-refractivity contribution in [3.8, 4) is 0 Å². The average molecular weight is 445 g/mol. The number of rotatable bonds is 5. The van der Waals surface area contributed by atoms with Gasteiger partial charge in [0.05, 0.1) is 5.69 Å². The van der Waals surface area contributed by atoms with Crippen LogP contribution in [0, 0.1) is 0 Å². The van der Waals surface area contributed by atoms with Gasteiger partial charge in [-0.1, -0.05) is 24.3 Å². The zero-order valence-electron chi connectivity index (χ0n) is 17.8. The molecule has 4 heterocycles. The zero-order valence-corrected chi connectivity index (χ0v) is 18.6. The summed E-state index contributed by atoms with van der Waals surface area (Å²) >= 11 is 1.55. The van der Waals surface area contributed by atoms with E-state index in [0.717, 1.165) is 52.5 Å². The number of aryl methyl sites for hydroxylation is 1. The van der Waals surface area contributed by atoms with Crippen LogP contribution >= 0.6 is 11.3 Å². The Morgan fingerprint density at radius 2 is 2.16 bits per heavy atom. The Morgan fingerprint density at radius 1 is 1.25 bits per heavy atom. The lowest BCUT2D eigenvalue weighted by molar-refractivity contribution is -0.127. The number of hydrogen-bond donors (Lipinski definition) is 1. The average Bonchev–Trinajstić information content (AvgIpc) is 3.49. The number of hydrogen-bond acceptors (Lipinski definition) is 6. The second-order valence-corrected chi connectivity index (χ2v) is 8.81. The Bertz CT molecular complexity index is 1260. The summed E-state index contributed by atoms with van der Waals surface area (Å²) < 4.78 is 1.75.